The van der Waals surface area contributed by atoms with Crippen LogP contribution in [0.1, 0.15) is 80.5 Å². The number of anilines is 2. The molecule has 0 saturated heterocycles. The average Bonchev–Trinajstić information content (AvgIpc) is 3.13. The van der Waals surface area contributed by atoms with Gasteiger partial charge in [-0.05, 0) is 137 Å². The third-order valence-corrected chi connectivity index (χ3v) is 10.5. The molecule has 7 rings (SSSR count). The zero-order valence-electron chi connectivity index (χ0n) is 34.6. The molecule has 5 aromatic carbocycles. The number of hydrogen-bond acceptors (Lipinski definition) is 6. The van der Waals surface area contributed by atoms with E-state index in [1.54, 1.807) is 20.3 Å². The van der Waals surface area contributed by atoms with Crippen molar-refractivity contribution in [3.8, 4) is 39.5 Å². The standard InChI is InChI=1S/C28H30FNO2.C21H25NO2/c1-17-7-10-22(26(13-17)31-6)21-11-12-24-27(19(3)15-28(4,5)30-24)23(21)16-32-25-14-20(29)9-8-18(25)2;1-13-6-7-16(19(10-13)24-5)15-8-9-18-20(17(15)12-23)14(2)11-21(3,4)22-18/h7-15,30H,16H2,1-6H3;6-11,22-23H,12H2,1-5H3. The van der Waals surface area contributed by atoms with Gasteiger partial charge in [0.2, 0.25) is 0 Å². The third kappa shape index (κ3) is 8.34. The lowest BCUT2D eigenvalue weighted by Crippen LogP contribution is -2.32. The monoisotopic (exact) mass is 754 g/mol. The summed E-state index contributed by atoms with van der Waals surface area (Å²) in [5.41, 5.74) is 15.7. The van der Waals surface area contributed by atoms with Crippen molar-refractivity contribution in [3.63, 3.8) is 0 Å². The topological polar surface area (TPSA) is 72.0 Å². The molecule has 2 heterocycles. The molecule has 56 heavy (non-hydrogen) atoms. The molecule has 0 unspecified atom stereocenters. The van der Waals surface area contributed by atoms with Gasteiger partial charge in [-0.1, -0.05) is 54.6 Å². The van der Waals surface area contributed by atoms with Gasteiger partial charge in [-0.15, -0.1) is 0 Å². The van der Waals surface area contributed by atoms with Gasteiger partial charge in [0.1, 0.15) is 29.7 Å². The van der Waals surface area contributed by atoms with Crippen molar-refractivity contribution < 1.29 is 23.7 Å². The molecule has 0 amide bonds. The molecule has 5 aromatic rings. The second-order valence-corrected chi connectivity index (χ2v) is 16.1. The second-order valence-electron chi connectivity index (χ2n) is 16.1. The Morgan fingerprint density at radius 2 is 1.04 bits per heavy atom. The van der Waals surface area contributed by atoms with Gasteiger partial charge in [0, 0.05) is 45.3 Å². The van der Waals surface area contributed by atoms with Gasteiger partial charge in [-0.25, -0.2) is 4.39 Å². The number of aliphatic hydroxyl groups is 1. The summed E-state index contributed by atoms with van der Waals surface area (Å²) in [6.07, 6.45) is 4.45. The van der Waals surface area contributed by atoms with Gasteiger partial charge < -0.3 is 30.0 Å². The summed E-state index contributed by atoms with van der Waals surface area (Å²) in [5, 5.41) is 17.3. The Labute approximate surface area is 332 Å². The minimum absolute atomic E-state index is 0.0111. The van der Waals surface area contributed by atoms with Gasteiger partial charge in [0.15, 0.2) is 0 Å². The molecule has 0 atom stereocenters. The van der Waals surface area contributed by atoms with Crippen LogP contribution in [0.2, 0.25) is 0 Å². The van der Waals surface area contributed by atoms with Crippen LogP contribution in [0.4, 0.5) is 15.8 Å². The lowest BCUT2D eigenvalue weighted by atomic mass is 9.85. The van der Waals surface area contributed by atoms with E-state index < -0.39 is 0 Å². The largest absolute Gasteiger partial charge is 0.496 e. The summed E-state index contributed by atoms with van der Waals surface area (Å²) >= 11 is 0. The number of nitrogens with one attached hydrogen (secondary N) is 2. The first-order valence-corrected chi connectivity index (χ1v) is 19.1. The number of aliphatic hydroxyl groups excluding tert-OH is 1. The first kappa shape index (κ1) is 40.1. The molecular weight excluding hydrogens is 700 g/mol. The lowest BCUT2D eigenvalue weighted by molar-refractivity contribution is 0.282. The van der Waals surface area contributed by atoms with E-state index in [4.69, 9.17) is 14.2 Å². The molecule has 0 fully saturated rings. The van der Waals surface area contributed by atoms with Crippen molar-refractivity contribution in [2.45, 2.75) is 86.6 Å². The molecule has 3 N–H and O–H groups in total. The molecule has 2 aliphatic heterocycles. The Morgan fingerprint density at radius 1 is 0.571 bits per heavy atom. The summed E-state index contributed by atoms with van der Waals surface area (Å²) in [6, 6.07) is 25.4. The molecule has 0 spiro atoms. The fourth-order valence-electron chi connectivity index (χ4n) is 8.14. The predicted molar refractivity (Wildman–Crippen MR) is 230 cm³/mol. The van der Waals surface area contributed by atoms with E-state index >= 15 is 0 Å². The van der Waals surface area contributed by atoms with E-state index in [9.17, 15) is 9.50 Å². The van der Waals surface area contributed by atoms with Crippen LogP contribution >= 0.6 is 0 Å². The van der Waals surface area contributed by atoms with Gasteiger partial charge in [0.25, 0.3) is 0 Å². The Kier molecular flexibility index (Phi) is 11.4. The average molecular weight is 755 g/mol. The Morgan fingerprint density at radius 3 is 1.52 bits per heavy atom. The SMILES string of the molecule is COc1cc(C)ccc1-c1ccc2c(c1CO)C(C)=CC(C)(C)N2.COc1cc(C)ccc1-c1ccc2c(c1COc1cc(F)ccc1C)C(C)=CC(C)(C)N2. The van der Waals surface area contributed by atoms with Crippen LogP contribution in [0.3, 0.4) is 0 Å². The van der Waals surface area contributed by atoms with E-state index in [2.05, 4.69) is 120 Å². The molecule has 2 aliphatic rings. The van der Waals surface area contributed by atoms with E-state index in [-0.39, 0.29) is 23.5 Å². The Bertz CT molecular complexity index is 2350. The maximum absolute atomic E-state index is 13.9. The molecule has 0 radical (unpaired) electrons. The highest BCUT2D eigenvalue weighted by molar-refractivity contribution is 5.90. The molecule has 0 aliphatic carbocycles. The van der Waals surface area contributed by atoms with E-state index in [0.29, 0.717) is 12.4 Å². The van der Waals surface area contributed by atoms with Crippen LogP contribution in [0.25, 0.3) is 33.4 Å². The molecule has 6 nitrogen and oxygen atoms in total. The lowest BCUT2D eigenvalue weighted by Gasteiger charge is -2.33. The third-order valence-electron chi connectivity index (χ3n) is 10.5. The molecular formula is C49H55FN2O4. The minimum atomic E-state index is -0.305. The molecule has 0 aromatic heterocycles. The number of fused-ring (bicyclic) bond motifs is 2. The number of methoxy groups -OCH3 is 2. The van der Waals surface area contributed by atoms with Gasteiger partial charge >= 0.3 is 0 Å². The zero-order valence-corrected chi connectivity index (χ0v) is 34.6. The normalized spacial score (nSPS) is 14.7. The first-order chi connectivity index (χ1) is 26.5. The number of rotatable bonds is 8. The summed E-state index contributed by atoms with van der Waals surface area (Å²) in [4.78, 5) is 0. The van der Waals surface area contributed by atoms with Crippen molar-refractivity contribution >= 4 is 22.5 Å². The van der Waals surface area contributed by atoms with Crippen LogP contribution in [-0.4, -0.2) is 30.4 Å². The van der Waals surface area contributed by atoms with E-state index in [1.807, 2.05) is 26.0 Å². The predicted octanol–water partition coefficient (Wildman–Crippen LogP) is 12.1. The summed E-state index contributed by atoms with van der Waals surface area (Å²) in [5.74, 6) is 1.89. The molecule has 0 saturated carbocycles. The van der Waals surface area contributed by atoms with Crippen molar-refractivity contribution in [1.82, 2.24) is 0 Å². The number of hydrogen-bond donors (Lipinski definition) is 3. The first-order valence-electron chi connectivity index (χ1n) is 19.1. The molecule has 292 valence electrons. The fourth-order valence-corrected chi connectivity index (χ4v) is 8.14. The second kappa shape index (κ2) is 15.9. The fraction of sp³-hybridized carbons (Fsp3) is 0.306. The maximum atomic E-state index is 13.9. The highest BCUT2D eigenvalue weighted by atomic mass is 19.1. The van der Waals surface area contributed by atoms with Crippen molar-refractivity contribution in [1.29, 1.82) is 0 Å². The maximum Gasteiger partial charge on any atom is 0.126 e. The summed E-state index contributed by atoms with van der Waals surface area (Å²) in [7, 11) is 3.38. The number of halogens is 1. The zero-order chi connectivity index (χ0) is 40.5. The Hall–Kier alpha value is -5.53. The van der Waals surface area contributed by atoms with Crippen LogP contribution < -0.4 is 24.8 Å². The number of benzene rings is 5. The number of ether oxygens (including phenoxy) is 3. The van der Waals surface area contributed by atoms with Crippen molar-refractivity contribution in [2.75, 3.05) is 24.9 Å². The number of aryl methyl sites for hydroxylation is 3. The highest BCUT2D eigenvalue weighted by Crippen LogP contribution is 2.44. The molecule has 7 heteroatoms. The van der Waals surface area contributed by atoms with Gasteiger partial charge in [-0.2, -0.15) is 0 Å². The summed E-state index contributed by atoms with van der Waals surface area (Å²) in [6.45, 7) is 19.2. The van der Waals surface area contributed by atoms with E-state index in [0.717, 1.165) is 84.1 Å². The van der Waals surface area contributed by atoms with Crippen LogP contribution in [0.5, 0.6) is 17.2 Å². The van der Waals surface area contributed by atoms with E-state index in [1.165, 1.54) is 23.3 Å². The van der Waals surface area contributed by atoms with Gasteiger partial charge in [0.05, 0.1) is 31.9 Å². The quantitative estimate of drug-likeness (QED) is 0.147. The van der Waals surface area contributed by atoms with Crippen LogP contribution in [0, 0.1) is 26.6 Å². The van der Waals surface area contributed by atoms with Crippen LogP contribution in [0.15, 0.2) is 91.0 Å². The smallest absolute Gasteiger partial charge is 0.126 e. The summed E-state index contributed by atoms with van der Waals surface area (Å²) < 4.78 is 31.3. The highest BCUT2D eigenvalue weighted by Gasteiger charge is 2.28. The van der Waals surface area contributed by atoms with Gasteiger partial charge in [-0.3, -0.25) is 0 Å². The van der Waals surface area contributed by atoms with Crippen molar-refractivity contribution in [2.24, 2.45) is 0 Å². The number of allylic oxidation sites excluding steroid dienone is 2. The Balaban J connectivity index is 0.000000198. The minimum Gasteiger partial charge on any atom is -0.496 e. The van der Waals surface area contributed by atoms with Crippen molar-refractivity contribution in [3.05, 3.63) is 136 Å². The van der Waals surface area contributed by atoms with Crippen LogP contribution in [-0.2, 0) is 13.2 Å². The molecule has 0 bridgehead atoms.